The average Bonchev–Trinajstić information content (AvgIpc) is 2.53. The van der Waals surface area contributed by atoms with Crippen LogP contribution in [0.3, 0.4) is 0 Å². The zero-order valence-corrected chi connectivity index (χ0v) is 17.5. The van der Waals surface area contributed by atoms with Gasteiger partial charge in [0.1, 0.15) is 0 Å². The predicted octanol–water partition coefficient (Wildman–Crippen LogP) is 8.64. The molecule has 0 heterocycles. The Morgan fingerprint density at radius 1 is 0.435 bits per heavy atom. The Bertz CT molecular complexity index is 230. The van der Waals surface area contributed by atoms with E-state index in [4.69, 9.17) is 0 Å². The van der Waals surface area contributed by atoms with Crippen molar-refractivity contribution in [2.24, 2.45) is 23.7 Å². The summed E-state index contributed by atoms with van der Waals surface area (Å²) in [6.45, 7) is 14.4. The molecule has 0 aromatic carbocycles. The summed E-state index contributed by atoms with van der Waals surface area (Å²) < 4.78 is 0. The molecule has 0 aliphatic rings. The first-order valence-corrected chi connectivity index (χ1v) is 11.0. The second-order valence-electron chi connectivity index (χ2n) is 8.72. The third-order valence-corrected chi connectivity index (χ3v) is 6.19. The van der Waals surface area contributed by atoms with E-state index in [-0.39, 0.29) is 0 Å². The van der Waals surface area contributed by atoms with Crippen LogP contribution in [-0.4, -0.2) is 0 Å². The molecule has 0 amide bonds. The van der Waals surface area contributed by atoms with Crippen molar-refractivity contribution < 1.29 is 0 Å². The van der Waals surface area contributed by atoms with Gasteiger partial charge in [-0.1, -0.05) is 125 Å². The molecule has 0 fully saturated rings. The van der Waals surface area contributed by atoms with Crippen molar-refractivity contribution in [3.05, 3.63) is 0 Å². The lowest BCUT2D eigenvalue weighted by atomic mass is 9.87. The monoisotopic (exact) mass is 324 g/mol. The van der Waals surface area contributed by atoms with Crippen LogP contribution in [0, 0.1) is 23.7 Å². The minimum absolute atomic E-state index is 0.863. The van der Waals surface area contributed by atoms with Crippen molar-refractivity contribution in [3.8, 4) is 0 Å². The fraction of sp³-hybridized carbons (Fsp3) is 1.00. The molecule has 0 bridgehead atoms. The fourth-order valence-corrected chi connectivity index (χ4v) is 3.42. The van der Waals surface area contributed by atoms with E-state index in [1.165, 1.54) is 83.5 Å². The van der Waals surface area contributed by atoms with Gasteiger partial charge in [0.05, 0.1) is 0 Å². The zero-order valence-electron chi connectivity index (χ0n) is 17.5. The van der Waals surface area contributed by atoms with E-state index in [9.17, 15) is 0 Å². The molecular formula is C23H48. The van der Waals surface area contributed by atoms with Crippen LogP contribution in [-0.2, 0) is 0 Å². The Labute approximate surface area is 149 Å². The molecule has 0 spiro atoms. The Morgan fingerprint density at radius 3 is 1.17 bits per heavy atom. The van der Waals surface area contributed by atoms with Crippen molar-refractivity contribution in [2.75, 3.05) is 0 Å². The van der Waals surface area contributed by atoms with Crippen LogP contribution in [0.2, 0.25) is 0 Å². The molecule has 3 atom stereocenters. The molecule has 3 unspecified atom stereocenters. The summed E-state index contributed by atoms with van der Waals surface area (Å²) in [7, 11) is 0. The summed E-state index contributed by atoms with van der Waals surface area (Å²) in [5.41, 5.74) is 0. The minimum Gasteiger partial charge on any atom is -0.0654 e. The summed E-state index contributed by atoms with van der Waals surface area (Å²) in [6.07, 6.45) is 18.8. The third kappa shape index (κ3) is 14.1. The topological polar surface area (TPSA) is 0 Å². The van der Waals surface area contributed by atoms with Gasteiger partial charge in [-0.25, -0.2) is 0 Å². The maximum absolute atomic E-state index is 2.47. The predicted molar refractivity (Wildman–Crippen MR) is 108 cm³/mol. The third-order valence-electron chi connectivity index (χ3n) is 6.19. The standard InChI is InChI=1S/C23H48/c1-7-8-17-22(5)23(6)19-16-14-12-10-9-11-13-15-18-21(4)20(2)3/h20-23H,7-19H2,1-6H3. The van der Waals surface area contributed by atoms with E-state index in [0.29, 0.717) is 0 Å². The lowest BCUT2D eigenvalue weighted by Crippen LogP contribution is -2.07. The van der Waals surface area contributed by atoms with Crippen LogP contribution < -0.4 is 0 Å². The molecular weight excluding hydrogens is 276 g/mol. The van der Waals surface area contributed by atoms with Crippen molar-refractivity contribution in [2.45, 2.75) is 125 Å². The molecule has 0 saturated carbocycles. The number of hydrogen-bond acceptors (Lipinski definition) is 0. The first-order valence-electron chi connectivity index (χ1n) is 11.0. The second kappa shape index (κ2) is 15.5. The molecule has 0 aliphatic carbocycles. The molecule has 0 aromatic rings. The van der Waals surface area contributed by atoms with Crippen LogP contribution in [0.4, 0.5) is 0 Å². The van der Waals surface area contributed by atoms with Gasteiger partial charge in [0.15, 0.2) is 0 Å². The molecule has 0 rings (SSSR count). The summed E-state index contributed by atoms with van der Waals surface area (Å²) in [6, 6.07) is 0. The Morgan fingerprint density at radius 2 is 0.783 bits per heavy atom. The molecule has 0 radical (unpaired) electrons. The SMILES string of the molecule is CCCCC(C)C(C)CCCCCCCCCCC(C)C(C)C. The van der Waals surface area contributed by atoms with Crippen molar-refractivity contribution in [3.63, 3.8) is 0 Å². The quantitative estimate of drug-likeness (QED) is 0.249. The van der Waals surface area contributed by atoms with Crippen LogP contribution in [0.25, 0.3) is 0 Å². The maximum atomic E-state index is 2.47. The summed E-state index contributed by atoms with van der Waals surface area (Å²) in [4.78, 5) is 0. The van der Waals surface area contributed by atoms with Gasteiger partial charge in [0.2, 0.25) is 0 Å². The van der Waals surface area contributed by atoms with Crippen molar-refractivity contribution >= 4 is 0 Å². The molecule has 0 saturated heterocycles. The van der Waals surface area contributed by atoms with Gasteiger partial charge < -0.3 is 0 Å². The molecule has 0 aromatic heterocycles. The van der Waals surface area contributed by atoms with Crippen LogP contribution in [0.15, 0.2) is 0 Å². The highest BCUT2D eigenvalue weighted by molar-refractivity contribution is 4.62. The first kappa shape index (κ1) is 23.0. The zero-order chi connectivity index (χ0) is 17.5. The van der Waals surface area contributed by atoms with Crippen LogP contribution in [0.1, 0.15) is 125 Å². The van der Waals surface area contributed by atoms with E-state index >= 15 is 0 Å². The molecule has 0 N–H and O–H groups in total. The molecule has 140 valence electrons. The number of hydrogen-bond donors (Lipinski definition) is 0. The van der Waals surface area contributed by atoms with Gasteiger partial charge in [-0.3, -0.25) is 0 Å². The van der Waals surface area contributed by atoms with E-state index in [2.05, 4.69) is 41.5 Å². The van der Waals surface area contributed by atoms with E-state index < -0.39 is 0 Å². The normalized spacial score (nSPS) is 15.8. The molecule has 0 aliphatic heterocycles. The van der Waals surface area contributed by atoms with Gasteiger partial charge in [-0.2, -0.15) is 0 Å². The summed E-state index contributed by atoms with van der Waals surface area (Å²) in [5, 5.41) is 0. The summed E-state index contributed by atoms with van der Waals surface area (Å²) in [5.74, 6) is 3.64. The lowest BCUT2D eigenvalue weighted by Gasteiger charge is -2.19. The largest absolute Gasteiger partial charge is 0.0654 e. The van der Waals surface area contributed by atoms with Gasteiger partial charge in [0, 0.05) is 0 Å². The van der Waals surface area contributed by atoms with Crippen molar-refractivity contribution in [1.29, 1.82) is 0 Å². The summed E-state index contributed by atoms with van der Waals surface area (Å²) >= 11 is 0. The first-order chi connectivity index (χ1) is 11.0. The van der Waals surface area contributed by atoms with Crippen molar-refractivity contribution in [1.82, 2.24) is 0 Å². The van der Waals surface area contributed by atoms with Crippen LogP contribution in [0.5, 0.6) is 0 Å². The average molecular weight is 325 g/mol. The highest BCUT2D eigenvalue weighted by Gasteiger charge is 2.11. The van der Waals surface area contributed by atoms with Gasteiger partial charge in [0.25, 0.3) is 0 Å². The maximum Gasteiger partial charge on any atom is -0.0417 e. The van der Waals surface area contributed by atoms with Gasteiger partial charge >= 0.3 is 0 Å². The fourth-order valence-electron chi connectivity index (χ4n) is 3.42. The molecule has 23 heavy (non-hydrogen) atoms. The second-order valence-corrected chi connectivity index (χ2v) is 8.72. The number of unbranched alkanes of at least 4 members (excludes halogenated alkanes) is 8. The highest BCUT2D eigenvalue weighted by atomic mass is 14.2. The smallest absolute Gasteiger partial charge is 0.0417 e. The molecule has 0 nitrogen and oxygen atoms in total. The van der Waals surface area contributed by atoms with Crippen LogP contribution >= 0.6 is 0 Å². The van der Waals surface area contributed by atoms with E-state index in [0.717, 1.165) is 23.7 Å². The lowest BCUT2D eigenvalue weighted by molar-refractivity contribution is 0.325. The molecule has 0 heteroatoms. The Kier molecular flexibility index (Phi) is 15.5. The highest BCUT2D eigenvalue weighted by Crippen LogP contribution is 2.23. The van der Waals surface area contributed by atoms with E-state index in [1.807, 2.05) is 0 Å². The number of rotatable bonds is 16. The Balaban J connectivity index is 3.30. The van der Waals surface area contributed by atoms with E-state index in [1.54, 1.807) is 0 Å². The van der Waals surface area contributed by atoms with Gasteiger partial charge in [-0.15, -0.1) is 0 Å². The Hall–Kier alpha value is 0. The van der Waals surface area contributed by atoms with Gasteiger partial charge in [-0.05, 0) is 23.7 Å². The minimum atomic E-state index is 0.863.